The lowest BCUT2D eigenvalue weighted by Crippen LogP contribution is -2.54. The summed E-state index contributed by atoms with van der Waals surface area (Å²) < 4.78 is 19.1. The van der Waals surface area contributed by atoms with Gasteiger partial charge in [0.1, 0.15) is 23.7 Å². The maximum absolute atomic E-state index is 14.0. The number of ether oxygens (including phenoxy) is 1. The molecule has 0 aliphatic rings. The number of nitrogens with two attached hydrogens (primary N) is 1. The van der Waals surface area contributed by atoms with E-state index in [0.29, 0.717) is 5.75 Å². The molecule has 7 nitrogen and oxygen atoms in total. The minimum atomic E-state index is -1.06. The molecule has 0 saturated carbocycles. The standard InChI is InChI=1S/C21H24FN3O4/c1-13(26)24-19(12-15-7-3-4-9-17(15)22)21(28)25-18(20(23)27)11-14-6-5-8-16(10-14)29-2/h3-10,18-19H,11-12H2,1-2H3,(H2,23,27)(H,24,26)(H,25,28)/t18-,19+/m0/s1. The predicted molar refractivity (Wildman–Crippen MR) is 106 cm³/mol. The van der Waals surface area contributed by atoms with Gasteiger partial charge in [0.05, 0.1) is 7.11 Å². The Kier molecular flexibility index (Phi) is 7.70. The zero-order chi connectivity index (χ0) is 21.4. The summed E-state index contributed by atoms with van der Waals surface area (Å²) in [7, 11) is 1.52. The van der Waals surface area contributed by atoms with Crippen LogP contribution in [-0.4, -0.2) is 36.9 Å². The molecule has 0 heterocycles. The molecule has 0 aliphatic carbocycles. The van der Waals surface area contributed by atoms with Crippen molar-refractivity contribution >= 4 is 17.7 Å². The minimum Gasteiger partial charge on any atom is -0.497 e. The number of methoxy groups -OCH3 is 1. The Bertz CT molecular complexity index is 888. The first kappa shape index (κ1) is 21.9. The Hall–Kier alpha value is -3.42. The molecule has 4 N–H and O–H groups in total. The van der Waals surface area contributed by atoms with Crippen LogP contribution in [0, 0.1) is 5.82 Å². The summed E-state index contributed by atoms with van der Waals surface area (Å²) in [5.74, 6) is -1.69. The predicted octanol–water partition coefficient (Wildman–Crippen LogP) is 1.09. The van der Waals surface area contributed by atoms with Gasteiger partial charge < -0.3 is 21.1 Å². The van der Waals surface area contributed by atoms with Crippen LogP contribution in [0.5, 0.6) is 5.75 Å². The highest BCUT2D eigenvalue weighted by Crippen LogP contribution is 2.14. The van der Waals surface area contributed by atoms with Gasteiger partial charge in [0.25, 0.3) is 0 Å². The number of halogens is 1. The van der Waals surface area contributed by atoms with E-state index in [4.69, 9.17) is 10.5 Å². The number of benzene rings is 2. The number of carbonyl (C=O) groups excluding carboxylic acids is 3. The van der Waals surface area contributed by atoms with Crippen molar-refractivity contribution in [1.29, 1.82) is 0 Å². The number of hydrogen-bond donors (Lipinski definition) is 3. The molecular weight excluding hydrogens is 377 g/mol. The maximum atomic E-state index is 14.0. The van der Waals surface area contributed by atoms with Crippen LogP contribution in [0.3, 0.4) is 0 Å². The monoisotopic (exact) mass is 401 g/mol. The number of rotatable bonds is 9. The fourth-order valence-electron chi connectivity index (χ4n) is 2.87. The molecule has 2 aromatic carbocycles. The van der Waals surface area contributed by atoms with E-state index in [0.717, 1.165) is 5.56 Å². The van der Waals surface area contributed by atoms with E-state index < -0.39 is 35.6 Å². The third kappa shape index (κ3) is 6.60. The Morgan fingerprint density at radius 3 is 2.38 bits per heavy atom. The van der Waals surface area contributed by atoms with E-state index in [1.54, 1.807) is 30.3 Å². The zero-order valence-corrected chi connectivity index (χ0v) is 16.3. The van der Waals surface area contributed by atoms with Gasteiger partial charge in [0, 0.05) is 19.8 Å². The van der Waals surface area contributed by atoms with Crippen molar-refractivity contribution in [3.05, 3.63) is 65.5 Å². The van der Waals surface area contributed by atoms with Crippen molar-refractivity contribution in [2.45, 2.75) is 31.8 Å². The molecule has 0 fully saturated rings. The van der Waals surface area contributed by atoms with Gasteiger partial charge >= 0.3 is 0 Å². The second kappa shape index (κ2) is 10.2. The van der Waals surface area contributed by atoms with Crippen LogP contribution in [0.1, 0.15) is 18.1 Å². The maximum Gasteiger partial charge on any atom is 0.243 e. The molecule has 0 unspecified atom stereocenters. The lowest BCUT2D eigenvalue weighted by Gasteiger charge is -2.22. The lowest BCUT2D eigenvalue weighted by atomic mass is 10.0. The normalized spacial score (nSPS) is 12.5. The Labute approximate surface area is 168 Å². The summed E-state index contributed by atoms with van der Waals surface area (Å²) in [5.41, 5.74) is 6.45. The van der Waals surface area contributed by atoms with Gasteiger partial charge in [-0.25, -0.2) is 4.39 Å². The zero-order valence-electron chi connectivity index (χ0n) is 16.3. The number of hydrogen-bond acceptors (Lipinski definition) is 4. The summed E-state index contributed by atoms with van der Waals surface area (Å²) in [6.45, 7) is 1.25. The SMILES string of the molecule is COc1cccc(C[C@H](NC(=O)[C@@H](Cc2ccccc2F)NC(C)=O)C(N)=O)c1. The largest absolute Gasteiger partial charge is 0.497 e. The summed E-state index contributed by atoms with van der Waals surface area (Å²) in [6.07, 6.45) is 0.0769. The van der Waals surface area contributed by atoms with Gasteiger partial charge in [-0.1, -0.05) is 30.3 Å². The number of carbonyl (C=O) groups is 3. The number of nitrogens with one attached hydrogen (secondary N) is 2. The summed E-state index contributed by atoms with van der Waals surface area (Å²) in [5, 5.41) is 5.05. The molecule has 0 bridgehead atoms. The molecule has 0 aromatic heterocycles. The fourth-order valence-corrected chi connectivity index (χ4v) is 2.87. The van der Waals surface area contributed by atoms with Gasteiger partial charge in [-0.3, -0.25) is 14.4 Å². The lowest BCUT2D eigenvalue weighted by molar-refractivity contribution is -0.130. The highest BCUT2D eigenvalue weighted by atomic mass is 19.1. The second-order valence-corrected chi connectivity index (χ2v) is 6.57. The number of primary amides is 1. The first-order valence-corrected chi connectivity index (χ1v) is 9.03. The molecule has 29 heavy (non-hydrogen) atoms. The van der Waals surface area contributed by atoms with Crippen molar-refractivity contribution in [1.82, 2.24) is 10.6 Å². The van der Waals surface area contributed by atoms with E-state index in [1.807, 2.05) is 0 Å². The van der Waals surface area contributed by atoms with Crippen molar-refractivity contribution in [3.63, 3.8) is 0 Å². The highest BCUT2D eigenvalue weighted by Gasteiger charge is 2.26. The van der Waals surface area contributed by atoms with Crippen LogP contribution < -0.4 is 21.1 Å². The molecule has 0 radical (unpaired) electrons. The Morgan fingerprint density at radius 1 is 1.03 bits per heavy atom. The van der Waals surface area contributed by atoms with E-state index in [2.05, 4.69) is 10.6 Å². The molecule has 154 valence electrons. The summed E-state index contributed by atoms with van der Waals surface area (Å²) in [6, 6.07) is 10.9. The van der Waals surface area contributed by atoms with Crippen molar-refractivity contribution in [2.24, 2.45) is 5.73 Å². The van der Waals surface area contributed by atoms with Crippen LogP contribution in [0.25, 0.3) is 0 Å². The van der Waals surface area contributed by atoms with Crippen LogP contribution >= 0.6 is 0 Å². The van der Waals surface area contributed by atoms with E-state index in [1.165, 1.54) is 32.2 Å². The first-order chi connectivity index (χ1) is 13.8. The smallest absolute Gasteiger partial charge is 0.243 e. The van der Waals surface area contributed by atoms with E-state index >= 15 is 0 Å². The average molecular weight is 401 g/mol. The third-order valence-corrected chi connectivity index (χ3v) is 4.31. The van der Waals surface area contributed by atoms with Crippen LogP contribution in [0.15, 0.2) is 48.5 Å². The topological polar surface area (TPSA) is 111 Å². The molecule has 0 saturated heterocycles. The average Bonchev–Trinajstić information content (AvgIpc) is 2.68. The second-order valence-electron chi connectivity index (χ2n) is 6.57. The van der Waals surface area contributed by atoms with Crippen molar-refractivity contribution in [2.75, 3.05) is 7.11 Å². The molecule has 2 aromatic rings. The first-order valence-electron chi connectivity index (χ1n) is 9.03. The van der Waals surface area contributed by atoms with Gasteiger partial charge in [-0.15, -0.1) is 0 Å². The summed E-state index contributed by atoms with van der Waals surface area (Å²) in [4.78, 5) is 36.1. The van der Waals surface area contributed by atoms with Gasteiger partial charge in [0.2, 0.25) is 17.7 Å². The summed E-state index contributed by atoms with van der Waals surface area (Å²) >= 11 is 0. The van der Waals surface area contributed by atoms with Gasteiger partial charge in [-0.05, 0) is 29.3 Å². The van der Waals surface area contributed by atoms with Crippen LogP contribution in [-0.2, 0) is 27.2 Å². The van der Waals surface area contributed by atoms with E-state index in [9.17, 15) is 18.8 Å². The van der Waals surface area contributed by atoms with Gasteiger partial charge in [-0.2, -0.15) is 0 Å². The fraction of sp³-hybridized carbons (Fsp3) is 0.286. The molecule has 8 heteroatoms. The quantitative estimate of drug-likeness (QED) is 0.584. The van der Waals surface area contributed by atoms with E-state index in [-0.39, 0.29) is 18.4 Å². The molecule has 0 aliphatic heterocycles. The minimum absolute atomic E-state index is 0.0667. The van der Waals surface area contributed by atoms with Crippen LogP contribution in [0.2, 0.25) is 0 Å². The Morgan fingerprint density at radius 2 is 1.76 bits per heavy atom. The van der Waals surface area contributed by atoms with Gasteiger partial charge in [0.15, 0.2) is 0 Å². The van der Waals surface area contributed by atoms with Crippen LogP contribution in [0.4, 0.5) is 4.39 Å². The van der Waals surface area contributed by atoms with Crippen molar-refractivity contribution in [3.8, 4) is 5.75 Å². The Balaban J connectivity index is 2.16. The molecule has 3 amide bonds. The molecular formula is C21H24FN3O4. The third-order valence-electron chi connectivity index (χ3n) is 4.31. The molecule has 0 spiro atoms. The highest BCUT2D eigenvalue weighted by molar-refractivity contribution is 5.91. The van der Waals surface area contributed by atoms with Crippen molar-refractivity contribution < 1.29 is 23.5 Å². The molecule has 2 rings (SSSR count). The molecule has 2 atom stereocenters. The number of amides is 3.